The number of rotatable bonds is 7. The van der Waals surface area contributed by atoms with E-state index in [-0.39, 0.29) is 0 Å². The van der Waals surface area contributed by atoms with Gasteiger partial charge in [0, 0.05) is 22.1 Å². The number of benzene rings is 9. The molecule has 0 unspecified atom stereocenters. The van der Waals surface area contributed by atoms with E-state index < -0.39 is 0 Å². The molecule has 0 bridgehead atoms. The predicted molar refractivity (Wildman–Crippen MR) is 228 cm³/mol. The van der Waals surface area contributed by atoms with Crippen LogP contribution in [0.15, 0.2) is 217 Å². The number of hydrogen-bond donors (Lipinski definition) is 0. The summed E-state index contributed by atoms with van der Waals surface area (Å²) in [5.41, 5.74) is 14.3. The molecule has 54 heavy (non-hydrogen) atoms. The van der Waals surface area contributed by atoms with Crippen LogP contribution in [-0.4, -0.2) is 0 Å². The Morgan fingerprint density at radius 3 is 1.50 bits per heavy atom. The molecule has 0 aliphatic rings. The molecular formula is C52H35NO. The second-order valence-corrected chi connectivity index (χ2v) is 13.7. The van der Waals surface area contributed by atoms with E-state index >= 15 is 0 Å². The fraction of sp³-hybridized carbons (Fsp3) is 0. The van der Waals surface area contributed by atoms with E-state index in [1.54, 1.807) is 0 Å². The van der Waals surface area contributed by atoms with Gasteiger partial charge in [0.25, 0.3) is 0 Å². The molecular weight excluding hydrogens is 655 g/mol. The highest BCUT2D eigenvalue weighted by Crippen LogP contribution is 2.46. The van der Waals surface area contributed by atoms with Gasteiger partial charge in [0.2, 0.25) is 0 Å². The minimum atomic E-state index is 0.857. The number of anilines is 3. The summed E-state index contributed by atoms with van der Waals surface area (Å²) in [5, 5.41) is 4.66. The van der Waals surface area contributed by atoms with Crippen LogP contribution < -0.4 is 4.90 Å². The van der Waals surface area contributed by atoms with Crippen molar-refractivity contribution in [2.24, 2.45) is 0 Å². The number of furan rings is 1. The van der Waals surface area contributed by atoms with Crippen molar-refractivity contribution in [1.29, 1.82) is 0 Å². The first-order chi connectivity index (χ1) is 26.8. The maximum absolute atomic E-state index is 6.70. The van der Waals surface area contributed by atoms with Crippen LogP contribution in [0, 0.1) is 0 Å². The molecule has 10 aromatic rings. The van der Waals surface area contributed by atoms with Gasteiger partial charge in [-0.1, -0.05) is 176 Å². The Morgan fingerprint density at radius 2 is 0.796 bits per heavy atom. The Hall–Kier alpha value is -7.16. The lowest BCUT2D eigenvalue weighted by Crippen LogP contribution is -2.10. The van der Waals surface area contributed by atoms with E-state index in [1.807, 2.05) is 6.07 Å². The van der Waals surface area contributed by atoms with Gasteiger partial charge >= 0.3 is 0 Å². The zero-order valence-electron chi connectivity index (χ0n) is 29.6. The molecule has 0 amide bonds. The maximum atomic E-state index is 6.70. The van der Waals surface area contributed by atoms with Gasteiger partial charge < -0.3 is 9.32 Å². The normalized spacial score (nSPS) is 11.3. The third-order valence-corrected chi connectivity index (χ3v) is 10.5. The standard InChI is InChI=1S/C52H35NO/c1-4-16-36(17-5-1)42-25-13-28-46-43(26-14-27-45(42)46)39-22-12-23-40(34-39)53(50-30-15-29-48-47-24-10-11-31-51(47)54-52(48)50)41-32-33-44(37-18-6-2-7-19-37)49(35-41)38-20-8-3-9-21-38/h1-35H. The second-order valence-electron chi connectivity index (χ2n) is 13.7. The van der Waals surface area contributed by atoms with Gasteiger partial charge in [-0.05, 0) is 91.7 Å². The van der Waals surface area contributed by atoms with Gasteiger partial charge in [0.05, 0.1) is 5.69 Å². The van der Waals surface area contributed by atoms with Crippen LogP contribution in [-0.2, 0) is 0 Å². The number of para-hydroxylation sites is 2. The van der Waals surface area contributed by atoms with Gasteiger partial charge in [-0.3, -0.25) is 0 Å². The zero-order chi connectivity index (χ0) is 35.8. The highest BCUT2D eigenvalue weighted by atomic mass is 16.3. The van der Waals surface area contributed by atoms with Crippen LogP contribution in [0.1, 0.15) is 0 Å². The van der Waals surface area contributed by atoms with Crippen LogP contribution in [0.25, 0.3) is 77.2 Å². The van der Waals surface area contributed by atoms with E-state index in [4.69, 9.17) is 4.42 Å². The average molecular weight is 690 g/mol. The molecule has 0 aliphatic heterocycles. The van der Waals surface area contributed by atoms with Gasteiger partial charge in [-0.2, -0.15) is 0 Å². The summed E-state index contributed by atoms with van der Waals surface area (Å²) in [6, 6.07) is 75.8. The van der Waals surface area contributed by atoms with Gasteiger partial charge in [0.1, 0.15) is 5.58 Å². The maximum Gasteiger partial charge on any atom is 0.159 e. The molecule has 0 spiro atoms. The quantitative estimate of drug-likeness (QED) is 0.166. The molecule has 2 nitrogen and oxygen atoms in total. The number of fused-ring (bicyclic) bond motifs is 4. The van der Waals surface area contributed by atoms with Crippen LogP contribution in [0.3, 0.4) is 0 Å². The van der Waals surface area contributed by atoms with E-state index in [1.165, 1.54) is 49.7 Å². The third-order valence-electron chi connectivity index (χ3n) is 10.5. The minimum Gasteiger partial charge on any atom is -0.454 e. The van der Waals surface area contributed by atoms with Crippen LogP contribution in [0.5, 0.6) is 0 Å². The fourth-order valence-corrected chi connectivity index (χ4v) is 7.98. The topological polar surface area (TPSA) is 16.4 Å². The Kier molecular flexibility index (Phi) is 7.85. The Balaban J connectivity index is 1.20. The third kappa shape index (κ3) is 5.53. The van der Waals surface area contributed by atoms with Crippen molar-refractivity contribution in [3.8, 4) is 44.5 Å². The SMILES string of the molecule is c1ccc(-c2ccc(N(c3cccc(-c4cccc5c(-c6ccccc6)cccc45)c3)c3cccc4c3oc3ccccc34)cc2-c2ccccc2)cc1. The highest BCUT2D eigenvalue weighted by Gasteiger charge is 2.22. The smallest absolute Gasteiger partial charge is 0.159 e. The van der Waals surface area contributed by atoms with Crippen molar-refractivity contribution in [1.82, 2.24) is 0 Å². The first kappa shape index (κ1) is 31.6. The van der Waals surface area contributed by atoms with Crippen LogP contribution in [0.4, 0.5) is 17.1 Å². The van der Waals surface area contributed by atoms with Crippen molar-refractivity contribution in [3.63, 3.8) is 0 Å². The summed E-state index contributed by atoms with van der Waals surface area (Å²) in [4.78, 5) is 2.36. The second kappa shape index (κ2) is 13.4. The van der Waals surface area contributed by atoms with Crippen molar-refractivity contribution >= 4 is 49.8 Å². The van der Waals surface area contributed by atoms with Crippen LogP contribution >= 0.6 is 0 Å². The molecule has 0 N–H and O–H groups in total. The molecule has 0 fully saturated rings. The Bertz CT molecular complexity index is 2930. The number of hydrogen-bond acceptors (Lipinski definition) is 2. The Morgan fingerprint density at radius 1 is 0.296 bits per heavy atom. The molecule has 0 atom stereocenters. The van der Waals surface area contributed by atoms with Crippen LogP contribution in [0.2, 0.25) is 0 Å². The Labute approximate surface area is 314 Å². The van der Waals surface area contributed by atoms with Gasteiger partial charge in [0.15, 0.2) is 5.58 Å². The number of nitrogens with zero attached hydrogens (tertiary/aromatic N) is 1. The summed E-state index contributed by atoms with van der Waals surface area (Å²) in [5.74, 6) is 0. The molecule has 9 aromatic carbocycles. The van der Waals surface area contributed by atoms with Gasteiger partial charge in [-0.25, -0.2) is 0 Å². The fourth-order valence-electron chi connectivity index (χ4n) is 7.98. The summed E-state index contributed by atoms with van der Waals surface area (Å²) in [6.45, 7) is 0. The molecule has 0 saturated carbocycles. The molecule has 1 aromatic heterocycles. The summed E-state index contributed by atoms with van der Waals surface area (Å²) < 4.78 is 6.70. The van der Waals surface area contributed by atoms with Crippen molar-refractivity contribution in [3.05, 3.63) is 212 Å². The van der Waals surface area contributed by atoms with Crippen molar-refractivity contribution < 1.29 is 4.42 Å². The molecule has 0 aliphatic carbocycles. The molecule has 1 heterocycles. The van der Waals surface area contributed by atoms with E-state index in [0.717, 1.165) is 44.6 Å². The molecule has 0 saturated heterocycles. The summed E-state index contributed by atoms with van der Waals surface area (Å²) in [6.07, 6.45) is 0. The lowest BCUT2D eigenvalue weighted by Gasteiger charge is -2.27. The van der Waals surface area contributed by atoms with Crippen molar-refractivity contribution in [2.75, 3.05) is 4.90 Å². The first-order valence-corrected chi connectivity index (χ1v) is 18.4. The molecule has 10 rings (SSSR count). The molecule has 2 heteroatoms. The van der Waals surface area contributed by atoms with Crippen molar-refractivity contribution in [2.45, 2.75) is 0 Å². The van der Waals surface area contributed by atoms with E-state index in [0.29, 0.717) is 0 Å². The molecule has 0 radical (unpaired) electrons. The summed E-state index contributed by atoms with van der Waals surface area (Å²) in [7, 11) is 0. The predicted octanol–water partition coefficient (Wildman–Crippen LogP) is 14.9. The summed E-state index contributed by atoms with van der Waals surface area (Å²) >= 11 is 0. The minimum absolute atomic E-state index is 0.857. The van der Waals surface area contributed by atoms with Gasteiger partial charge in [-0.15, -0.1) is 0 Å². The van der Waals surface area contributed by atoms with E-state index in [9.17, 15) is 0 Å². The lowest BCUT2D eigenvalue weighted by molar-refractivity contribution is 0.669. The average Bonchev–Trinajstić information content (AvgIpc) is 3.64. The zero-order valence-corrected chi connectivity index (χ0v) is 29.6. The first-order valence-electron chi connectivity index (χ1n) is 18.4. The monoisotopic (exact) mass is 689 g/mol. The molecule has 254 valence electrons. The largest absolute Gasteiger partial charge is 0.454 e. The highest BCUT2D eigenvalue weighted by molar-refractivity contribution is 6.11. The lowest BCUT2D eigenvalue weighted by atomic mass is 9.92. The van der Waals surface area contributed by atoms with E-state index in [2.05, 4.69) is 211 Å².